The fraction of sp³-hybridized carbons (Fsp3) is 0.500. The van der Waals surface area contributed by atoms with Gasteiger partial charge in [-0.15, -0.1) is 11.8 Å². The zero-order valence-corrected chi connectivity index (χ0v) is 10.4. The van der Waals surface area contributed by atoms with E-state index in [0.717, 1.165) is 6.20 Å². The molecule has 0 aromatic heterocycles. The summed E-state index contributed by atoms with van der Waals surface area (Å²) in [6.07, 6.45) is 0.00718. The maximum Gasteiger partial charge on any atom is 0.419 e. The Balaban J connectivity index is 3.15. The minimum absolute atomic E-state index is 0.0924. The smallest absolute Gasteiger partial charge is 0.253 e. The standard InChI is InChI=1S/C10H11ClF3NS/c1-6-3-4-8(11)7(10(12,13)14)5-15-9(6)16-2/h4-6H,3H2,1-2H3/b7-5+,8-4-,15-9?. The van der Waals surface area contributed by atoms with Crippen LogP contribution in [0.1, 0.15) is 13.3 Å². The summed E-state index contributed by atoms with van der Waals surface area (Å²) in [5.74, 6) is 0.0924. The van der Waals surface area contributed by atoms with E-state index >= 15 is 0 Å². The largest absolute Gasteiger partial charge is 0.419 e. The molecule has 90 valence electrons. The molecule has 0 N–H and O–H groups in total. The fourth-order valence-corrected chi connectivity index (χ4v) is 2.17. The van der Waals surface area contributed by atoms with Crippen LogP contribution >= 0.6 is 23.4 Å². The minimum atomic E-state index is -4.46. The third-order valence-corrected chi connectivity index (χ3v) is 3.45. The second kappa shape index (κ2) is 5.27. The van der Waals surface area contributed by atoms with Gasteiger partial charge in [-0.2, -0.15) is 13.2 Å². The molecule has 1 unspecified atom stereocenters. The molecule has 1 atom stereocenters. The lowest BCUT2D eigenvalue weighted by Gasteiger charge is -2.15. The van der Waals surface area contributed by atoms with Crippen molar-refractivity contribution in [1.82, 2.24) is 0 Å². The molecule has 0 aromatic rings. The van der Waals surface area contributed by atoms with E-state index < -0.39 is 11.7 Å². The SMILES string of the molecule is CSC1=N/C=C(C(F)(F)F)\C(Cl)=C\CC1C. The van der Waals surface area contributed by atoms with Crippen molar-refractivity contribution in [3.8, 4) is 0 Å². The van der Waals surface area contributed by atoms with E-state index in [1.807, 2.05) is 6.92 Å². The number of allylic oxidation sites excluding steroid dienone is 3. The van der Waals surface area contributed by atoms with Crippen LogP contribution in [0.4, 0.5) is 13.2 Å². The number of halogens is 4. The zero-order valence-electron chi connectivity index (χ0n) is 8.81. The minimum Gasteiger partial charge on any atom is -0.253 e. The van der Waals surface area contributed by atoms with E-state index in [2.05, 4.69) is 4.99 Å². The number of hydrogen-bond acceptors (Lipinski definition) is 2. The topological polar surface area (TPSA) is 12.4 Å². The number of alkyl halides is 3. The summed E-state index contributed by atoms with van der Waals surface area (Å²) in [6.45, 7) is 1.91. The number of thioether (sulfide) groups is 1. The van der Waals surface area contributed by atoms with Gasteiger partial charge >= 0.3 is 6.18 Å². The molecule has 0 saturated heterocycles. The Kier molecular flexibility index (Phi) is 4.50. The highest BCUT2D eigenvalue weighted by atomic mass is 35.5. The summed E-state index contributed by atoms with van der Waals surface area (Å²) < 4.78 is 37.7. The number of aliphatic imine (C=N–C) groups is 1. The highest BCUT2D eigenvalue weighted by Crippen LogP contribution is 2.35. The van der Waals surface area contributed by atoms with Gasteiger partial charge in [-0.05, 0) is 12.7 Å². The van der Waals surface area contributed by atoms with Crippen LogP contribution < -0.4 is 0 Å². The molecule has 0 fully saturated rings. The quantitative estimate of drug-likeness (QED) is 0.637. The van der Waals surface area contributed by atoms with Crippen LogP contribution in [-0.2, 0) is 0 Å². The molecule has 0 saturated carbocycles. The molecular formula is C10H11ClF3NS. The van der Waals surface area contributed by atoms with Crippen molar-refractivity contribution in [2.24, 2.45) is 10.9 Å². The van der Waals surface area contributed by atoms with Crippen LogP contribution in [-0.4, -0.2) is 17.5 Å². The van der Waals surface area contributed by atoms with Crippen molar-refractivity contribution in [2.45, 2.75) is 19.5 Å². The van der Waals surface area contributed by atoms with Gasteiger partial charge in [0.25, 0.3) is 0 Å². The van der Waals surface area contributed by atoms with Crippen LogP contribution in [0.5, 0.6) is 0 Å². The Hall–Kier alpha value is -0.420. The van der Waals surface area contributed by atoms with Crippen molar-refractivity contribution in [3.63, 3.8) is 0 Å². The molecule has 1 aliphatic heterocycles. The second-order valence-corrected chi connectivity index (χ2v) is 4.63. The van der Waals surface area contributed by atoms with Crippen LogP contribution in [0.3, 0.4) is 0 Å². The van der Waals surface area contributed by atoms with E-state index in [-0.39, 0.29) is 11.0 Å². The fourth-order valence-electron chi connectivity index (χ4n) is 1.27. The Morgan fingerprint density at radius 1 is 1.50 bits per heavy atom. The third-order valence-electron chi connectivity index (χ3n) is 2.16. The molecule has 0 aromatic carbocycles. The van der Waals surface area contributed by atoms with Crippen molar-refractivity contribution in [2.75, 3.05) is 6.26 Å². The molecule has 0 radical (unpaired) electrons. The van der Waals surface area contributed by atoms with Gasteiger partial charge in [-0.25, -0.2) is 0 Å². The molecule has 0 bridgehead atoms. The predicted molar refractivity (Wildman–Crippen MR) is 62.8 cm³/mol. The van der Waals surface area contributed by atoms with Crippen LogP contribution in [0.2, 0.25) is 0 Å². The molecule has 1 heterocycles. The number of rotatable bonds is 0. The van der Waals surface area contributed by atoms with Crippen molar-refractivity contribution >= 4 is 28.4 Å². The van der Waals surface area contributed by atoms with E-state index in [4.69, 9.17) is 11.6 Å². The molecule has 0 spiro atoms. The Labute approximate surface area is 101 Å². The van der Waals surface area contributed by atoms with Crippen LogP contribution in [0, 0.1) is 5.92 Å². The van der Waals surface area contributed by atoms with Gasteiger partial charge in [0, 0.05) is 12.1 Å². The summed E-state index contributed by atoms with van der Waals surface area (Å²) in [5.41, 5.74) is -0.882. The first-order chi connectivity index (χ1) is 7.36. The van der Waals surface area contributed by atoms with Gasteiger partial charge in [0.05, 0.1) is 15.6 Å². The Morgan fingerprint density at radius 3 is 2.62 bits per heavy atom. The van der Waals surface area contributed by atoms with Gasteiger partial charge in [0.15, 0.2) is 0 Å². The maximum atomic E-state index is 12.6. The van der Waals surface area contributed by atoms with Gasteiger partial charge in [-0.1, -0.05) is 24.6 Å². The van der Waals surface area contributed by atoms with Gasteiger partial charge in [0.1, 0.15) is 0 Å². The average Bonchev–Trinajstić information content (AvgIpc) is 2.16. The molecule has 0 amide bonds. The summed E-state index contributed by atoms with van der Waals surface area (Å²) in [7, 11) is 0. The Bertz CT molecular complexity index is 358. The van der Waals surface area contributed by atoms with Gasteiger partial charge in [0.2, 0.25) is 0 Å². The molecule has 1 rings (SSSR count). The van der Waals surface area contributed by atoms with E-state index in [9.17, 15) is 13.2 Å². The zero-order chi connectivity index (χ0) is 12.3. The molecule has 16 heavy (non-hydrogen) atoms. The second-order valence-electron chi connectivity index (χ2n) is 3.40. The van der Waals surface area contributed by atoms with Crippen molar-refractivity contribution in [1.29, 1.82) is 0 Å². The molecule has 0 aliphatic carbocycles. The lowest BCUT2D eigenvalue weighted by atomic mass is 10.1. The number of nitrogens with zero attached hydrogens (tertiary/aromatic N) is 1. The summed E-state index contributed by atoms with van der Waals surface area (Å²) in [5, 5.41) is 0.408. The molecular weight excluding hydrogens is 259 g/mol. The lowest BCUT2D eigenvalue weighted by molar-refractivity contribution is -0.0888. The lowest BCUT2D eigenvalue weighted by Crippen LogP contribution is -2.14. The summed E-state index contributed by atoms with van der Waals surface area (Å²) in [6, 6.07) is 0. The van der Waals surface area contributed by atoms with E-state index in [1.165, 1.54) is 17.8 Å². The van der Waals surface area contributed by atoms with Crippen LogP contribution in [0.25, 0.3) is 0 Å². The average molecular weight is 270 g/mol. The van der Waals surface area contributed by atoms with E-state index in [1.54, 1.807) is 6.26 Å². The van der Waals surface area contributed by atoms with Crippen LogP contribution in [0.15, 0.2) is 27.9 Å². The van der Waals surface area contributed by atoms with Gasteiger partial charge in [-0.3, -0.25) is 4.99 Å². The highest BCUT2D eigenvalue weighted by Gasteiger charge is 2.36. The first-order valence-corrected chi connectivity index (χ1v) is 6.21. The summed E-state index contributed by atoms with van der Waals surface area (Å²) >= 11 is 6.95. The predicted octanol–water partition coefficient (Wildman–Crippen LogP) is 4.36. The molecule has 1 nitrogen and oxygen atoms in total. The maximum absolute atomic E-state index is 12.6. The molecule has 1 aliphatic rings. The van der Waals surface area contributed by atoms with E-state index in [0.29, 0.717) is 11.5 Å². The van der Waals surface area contributed by atoms with Gasteiger partial charge < -0.3 is 0 Å². The third kappa shape index (κ3) is 3.28. The normalized spacial score (nSPS) is 29.4. The molecule has 6 heteroatoms. The van der Waals surface area contributed by atoms with Crippen molar-refractivity contribution < 1.29 is 13.2 Å². The highest BCUT2D eigenvalue weighted by molar-refractivity contribution is 8.13. The number of hydrogen-bond donors (Lipinski definition) is 0. The first-order valence-electron chi connectivity index (χ1n) is 4.61. The summed E-state index contributed by atoms with van der Waals surface area (Å²) in [4.78, 5) is 3.85. The first kappa shape index (κ1) is 13.6. The van der Waals surface area contributed by atoms with Crippen molar-refractivity contribution in [3.05, 3.63) is 22.9 Å². The monoisotopic (exact) mass is 269 g/mol. The Morgan fingerprint density at radius 2 is 2.12 bits per heavy atom.